The van der Waals surface area contributed by atoms with Gasteiger partial charge in [0.1, 0.15) is 5.52 Å². The summed E-state index contributed by atoms with van der Waals surface area (Å²) >= 11 is 0. The molecule has 7 nitrogen and oxygen atoms in total. The number of nitrogen functional groups attached to an aromatic ring is 1. The van der Waals surface area contributed by atoms with Crippen LogP contribution in [0.4, 0.5) is 11.6 Å². The second-order valence-corrected chi connectivity index (χ2v) is 7.38. The van der Waals surface area contributed by atoms with Crippen molar-refractivity contribution < 1.29 is 4.52 Å². The topological polar surface area (TPSA) is 84.3 Å². The lowest BCUT2D eigenvalue weighted by Gasteiger charge is -2.34. The number of fused-ring (bicyclic) bond motifs is 1. The maximum atomic E-state index is 5.73. The van der Waals surface area contributed by atoms with Gasteiger partial charge in [-0.2, -0.15) is 0 Å². The van der Waals surface area contributed by atoms with Crippen LogP contribution in [0.2, 0.25) is 0 Å². The zero-order valence-corrected chi connectivity index (χ0v) is 16.2. The van der Waals surface area contributed by atoms with E-state index in [4.69, 9.17) is 10.3 Å². The fourth-order valence-electron chi connectivity index (χ4n) is 3.73. The maximum Gasteiger partial charge on any atom is 0.220 e. The molecule has 1 aliphatic rings. The Morgan fingerprint density at radius 2 is 1.69 bits per heavy atom. The highest BCUT2D eigenvalue weighted by atomic mass is 16.5. The first-order valence-corrected chi connectivity index (χ1v) is 9.70. The molecule has 2 aromatic heterocycles. The van der Waals surface area contributed by atoms with Crippen LogP contribution in [0.5, 0.6) is 0 Å². The van der Waals surface area contributed by atoms with E-state index in [1.807, 2.05) is 24.3 Å². The van der Waals surface area contributed by atoms with Crippen LogP contribution in [-0.4, -0.2) is 53.3 Å². The Labute approximate surface area is 168 Å². The summed E-state index contributed by atoms with van der Waals surface area (Å²) in [6, 6.07) is 16.3. The SMILES string of the molecule is CN1CCN(c2ccc(-c3onc4ccc(-c5ccnc(N)n5)cc34)cc2)CC1. The van der Waals surface area contributed by atoms with Gasteiger partial charge in [-0.05, 0) is 49.5 Å². The first-order chi connectivity index (χ1) is 14.2. The highest BCUT2D eigenvalue weighted by Crippen LogP contribution is 2.32. The Hall–Kier alpha value is -3.45. The lowest BCUT2D eigenvalue weighted by atomic mass is 10.0. The van der Waals surface area contributed by atoms with E-state index in [-0.39, 0.29) is 5.95 Å². The van der Waals surface area contributed by atoms with Crippen LogP contribution in [0.25, 0.3) is 33.5 Å². The monoisotopic (exact) mass is 386 g/mol. The zero-order chi connectivity index (χ0) is 19.8. The molecule has 2 aromatic carbocycles. The Bertz CT molecular complexity index is 1150. The van der Waals surface area contributed by atoms with Gasteiger partial charge in [0.05, 0.1) is 11.1 Å². The average molecular weight is 386 g/mol. The summed E-state index contributed by atoms with van der Waals surface area (Å²) in [5.41, 5.74) is 10.5. The number of nitrogens with two attached hydrogens (primary N) is 1. The van der Waals surface area contributed by atoms with Crippen molar-refractivity contribution in [2.24, 2.45) is 0 Å². The van der Waals surface area contributed by atoms with E-state index >= 15 is 0 Å². The highest BCUT2D eigenvalue weighted by molar-refractivity contribution is 5.94. The third-order valence-electron chi connectivity index (χ3n) is 5.44. The van der Waals surface area contributed by atoms with E-state index < -0.39 is 0 Å². The van der Waals surface area contributed by atoms with E-state index in [1.165, 1.54) is 5.69 Å². The van der Waals surface area contributed by atoms with Crippen LogP contribution in [0.1, 0.15) is 0 Å². The number of piperazine rings is 1. The van der Waals surface area contributed by atoms with Gasteiger partial charge in [0.15, 0.2) is 5.76 Å². The maximum absolute atomic E-state index is 5.73. The minimum atomic E-state index is 0.257. The molecule has 0 atom stereocenters. The molecule has 1 fully saturated rings. The summed E-state index contributed by atoms with van der Waals surface area (Å²) in [5.74, 6) is 1.02. The molecule has 4 aromatic rings. The third kappa shape index (κ3) is 3.40. The van der Waals surface area contributed by atoms with Crippen molar-refractivity contribution in [2.75, 3.05) is 43.9 Å². The Morgan fingerprint density at radius 3 is 2.45 bits per heavy atom. The fraction of sp³-hybridized carbons (Fsp3) is 0.227. The number of likely N-dealkylation sites (N-methyl/N-ethyl adjacent to an activating group) is 1. The molecule has 0 saturated carbocycles. The van der Waals surface area contributed by atoms with Gasteiger partial charge in [0.25, 0.3) is 0 Å². The predicted molar refractivity (Wildman–Crippen MR) is 115 cm³/mol. The average Bonchev–Trinajstić information content (AvgIpc) is 3.18. The second-order valence-electron chi connectivity index (χ2n) is 7.38. The molecule has 0 aliphatic carbocycles. The van der Waals surface area contributed by atoms with Crippen molar-refractivity contribution in [3.63, 3.8) is 0 Å². The van der Waals surface area contributed by atoms with Gasteiger partial charge >= 0.3 is 0 Å². The summed E-state index contributed by atoms with van der Waals surface area (Å²) in [6.45, 7) is 4.27. The molecule has 0 spiro atoms. The van der Waals surface area contributed by atoms with Crippen molar-refractivity contribution in [1.82, 2.24) is 20.0 Å². The first kappa shape index (κ1) is 17.6. The molecule has 3 heterocycles. The van der Waals surface area contributed by atoms with Gasteiger partial charge in [-0.3, -0.25) is 0 Å². The van der Waals surface area contributed by atoms with Gasteiger partial charge < -0.3 is 20.1 Å². The number of anilines is 2. The van der Waals surface area contributed by atoms with Crippen molar-refractivity contribution in [3.8, 4) is 22.6 Å². The molecular weight excluding hydrogens is 364 g/mol. The molecule has 0 bridgehead atoms. The van der Waals surface area contributed by atoms with Gasteiger partial charge in [-0.25, -0.2) is 9.97 Å². The summed E-state index contributed by atoms with van der Waals surface area (Å²) in [7, 11) is 2.17. The molecule has 0 amide bonds. The Balaban J connectivity index is 1.47. The van der Waals surface area contributed by atoms with Crippen LogP contribution < -0.4 is 10.6 Å². The van der Waals surface area contributed by atoms with Crippen molar-refractivity contribution in [2.45, 2.75) is 0 Å². The van der Waals surface area contributed by atoms with Crippen LogP contribution in [0.3, 0.4) is 0 Å². The Morgan fingerprint density at radius 1 is 0.931 bits per heavy atom. The molecule has 0 radical (unpaired) electrons. The fourth-order valence-corrected chi connectivity index (χ4v) is 3.73. The van der Waals surface area contributed by atoms with Crippen LogP contribution in [-0.2, 0) is 0 Å². The number of hydrogen-bond donors (Lipinski definition) is 1. The third-order valence-corrected chi connectivity index (χ3v) is 5.44. The van der Waals surface area contributed by atoms with Crippen molar-refractivity contribution in [3.05, 3.63) is 54.7 Å². The van der Waals surface area contributed by atoms with Gasteiger partial charge in [-0.1, -0.05) is 11.2 Å². The normalized spacial score (nSPS) is 15.1. The van der Waals surface area contributed by atoms with Gasteiger partial charge in [-0.15, -0.1) is 0 Å². The largest absolute Gasteiger partial charge is 0.369 e. The molecule has 2 N–H and O–H groups in total. The lowest BCUT2D eigenvalue weighted by Crippen LogP contribution is -2.44. The zero-order valence-electron chi connectivity index (χ0n) is 16.2. The summed E-state index contributed by atoms with van der Waals surface area (Å²) in [4.78, 5) is 13.0. The number of rotatable bonds is 3. The molecule has 0 unspecified atom stereocenters. The lowest BCUT2D eigenvalue weighted by molar-refractivity contribution is 0.313. The molecule has 1 saturated heterocycles. The van der Waals surface area contributed by atoms with E-state index in [1.54, 1.807) is 6.20 Å². The number of nitrogens with zero attached hydrogens (tertiary/aromatic N) is 5. The van der Waals surface area contributed by atoms with Crippen molar-refractivity contribution in [1.29, 1.82) is 0 Å². The van der Waals surface area contributed by atoms with Crippen LogP contribution in [0, 0.1) is 0 Å². The first-order valence-electron chi connectivity index (χ1n) is 9.70. The van der Waals surface area contributed by atoms with Gasteiger partial charge in [0, 0.05) is 49.2 Å². The molecule has 7 heteroatoms. The standard InChI is InChI=1S/C22H22N6O/c1-27-10-12-28(13-11-27)17-5-2-15(3-6-17)21-18-14-16(4-7-20(18)26-29-21)19-8-9-24-22(23)25-19/h2-9,14H,10-13H2,1H3,(H2,23,24,25). The Kier molecular flexibility index (Phi) is 4.37. The molecule has 146 valence electrons. The summed E-state index contributed by atoms with van der Waals surface area (Å²) in [6.07, 6.45) is 1.66. The van der Waals surface area contributed by atoms with E-state index in [0.717, 1.165) is 59.7 Å². The number of benzene rings is 2. The predicted octanol–water partition coefficient (Wildman–Crippen LogP) is 3.29. The smallest absolute Gasteiger partial charge is 0.220 e. The molecular formula is C22H22N6O. The minimum Gasteiger partial charge on any atom is -0.369 e. The second kappa shape index (κ2) is 7.18. The number of aromatic nitrogens is 3. The summed E-state index contributed by atoms with van der Waals surface area (Å²) < 4.78 is 5.69. The van der Waals surface area contributed by atoms with E-state index in [9.17, 15) is 0 Å². The number of hydrogen-bond acceptors (Lipinski definition) is 7. The highest BCUT2D eigenvalue weighted by Gasteiger charge is 2.16. The molecule has 5 rings (SSSR count). The van der Waals surface area contributed by atoms with Crippen molar-refractivity contribution >= 4 is 22.5 Å². The van der Waals surface area contributed by atoms with E-state index in [0.29, 0.717) is 0 Å². The van der Waals surface area contributed by atoms with Crippen LogP contribution >= 0.6 is 0 Å². The minimum absolute atomic E-state index is 0.257. The van der Waals surface area contributed by atoms with E-state index in [2.05, 4.69) is 56.2 Å². The van der Waals surface area contributed by atoms with Crippen LogP contribution in [0.15, 0.2) is 59.3 Å². The van der Waals surface area contributed by atoms with Gasteiger partial charge in [0.2, 0.25) is 5.95 Å². The quantitative estimate of drug-likeness (QED) is 0.578. The summed E-state index contributed by atoms with van der Waals surface area (Å²) in [5, 5.41) is 5.17. The molecule has 29 heavy (non-hydrogen) atoms. The molecule has 1 aliphatic heterocycles.